The third-order valence-electron chi connectivity index (χ3n) is 18.8. The summed E-state index contributed by atoms with van der Waals surface area (Å²) in [6.07, 6.45) is 0. The minimum atomic E-state index is -0.498. The first-order valence-corrected chi connectivity index (χ1v) is 31.3. The number of nitrogens with zero attached hydrogens (tertiary/aromatic N) is 4. The zero-order valence-electron chi connectivity index (χ0n) is 60.5. The Morgan fingerprint density at radius 1 is 0.308 bits per heavy atom. The van der Waals surface area contributed by atoms with Gasteiger partial charge in [0, 0.05) is 72.4 Å². The number of benzene rings is 13. The summed E-state index contributed by atoms with van der Waals surface area (Å²) in [5.74, 6) is 0. The lowest BCUT2D eigenvalue weighted by atomic mass is 9.33. The topological polar surface area (TPSA) is 16.3 Å². The Morgan fingerprint density at radius 3 is 1.43 bits per heavy atom. The van der Waals surface area contributed by atoms with Gasteiger partial charge in [-0.15, -0.1) is 0 Å². The van der Waals surface area contributed by atoms with Crippen molar-refractivity contribution in [2.24, 2.45) is 0 Å². The zero-order chi connectivity index (χ0) is 69.1. The largest absolute Gasteiger partial charge is 0.311 e. The number of hydrogen-bond acceptors (Lipinski definition) is 2. The van der Waals surface area contributed by atoms with Gasteiger partial charge < -0.3 is 18.9 Å². The molecule has 91 heavy (non-hydrogen) atoms. The maximum Gasteiger partial charge on any atom is 0.252 e. The van der Waals surface area contributed by atoms with Crippen molar-refractivity contribution in [1.82, 2.24) is 9.13 Å². The van der Waals surface area contributed by atoms with Gasteiger partial charge in [-0.3, -0.25) is 0 Å². The molecular weight excluding hydrogens is 1100 g/mol. The molecule has 0 N–H and O–H groups in total. The highest BCUT2D eigenvalue weighted by atomic mass is 15.2. The van der Waals surface area contributed by atoms with E-state index in [1.54, 1.807) is 0 Å². The molecule has 0 atom stereocenters. The van der Waals surface area contributed by atoms with Crippen LogP contribution in [0.5, 0.6) is 0 Å². The highest BCUT2D eigenvalue weighted by Crippen LogP contribution is 2.54. The van der Waals surface area contributed by atoms with E-state index in [9.17, 15) is 8.22 Å². The van der Waals surface area contributed by atoms with Crippen molar-refractivity contribution in [3.8, 4) is 55.9 Å². The van der Waals surface area contributed by atoms with Gasteiger partial charge in [-0.2, -0.15) is 0 Å². The van der Waals surface area contributed by atoms with E-state index in [1.165, 1.54) is 0 Å². The molecule has 0 aliphatic carbocycles. The number of hydrogen-bond donors (Lipinski definition) is 0. The van der Waals surface area contributed by atoms with Crippen LogP contribution in [-0.2, 0) is 10.8 Å². The molecule has 0 amide bonds. The highest BCUT2D eigenvalue weighted by Gasteiger charge is 2.46. The van der Waals surface area contributed by atoms with Gasteiger partial charge in [0.05, 0.1) is 45.8 Å². The summed E-state index contributed by atoms with van der Waals surface area (Å²) in [6, 6.07) is 82.1. The molecule has 13 aromatic carbocycles. The molecule has 2 aliphatic heterocycles. The van der Waals surface area contributed by atoms with E-state index in [2.05, 4.69) is 256 Å². The van der Waals surface area contributed by atoms with Crippen molar-refractivity contribution < 1.29 is 12.3 Å². The van der Waals surface area contributed by atoms with Crippen LogP contribution in [0.1, 0.15) is 65.0 Å². The Morgan fingerprint density at radius 2 is 0.791 bits per heavy atom. The van der Waals surface area contributed by atoms with Crippen molar-refractivity contribution in [3.05, 3.63) is 308 Å². The molecule has 17 rings (SSSR count). The molecule has 0 bridgehead atoms. The van der Waals surface area contributed by atoms with Crippen LogP contribution in [0.15, 0.2) is 297 Å². The van der Waals surface area contributed by atoms with Crippen molar-refractivity contribution in [3.63, 3.8) is 0 Å². The fourth-order valence-electron chi connectivity index (χ4n) is 14.4. The SMILES string of the molecule is [2H]c1c([2H])c([2H])c(-c2ccc3c(c2)N(c2c(-c4ccccc4)cc(C(C)(C)C)cc2-c2ccccc2)c2cc(C(C)(C)C)cc4c2B3c2ccc(-n3c5ccc(-n6c7ccccc7c7ccccc76)cc5c5c([2H])c([2H])c([2H])c([2H])c53)cc2N4c2ccccc2-c2ccccc2)c([2H])c1[2H]. The molecule has 0 unspecified atom stereocenters. The van der Waals surface area contributed by atoms with E-state index < -0.39 is 30.3 Å². The van der Waals surface area contributed by atoms with Crippen molar-refractivity contribution in [2.45, 2.75) is 52.4 Å². The number of fused-ring (bicyclic) bond motifs is 10. The quantitative estimate of drug-likeness (QED) is 0.141. The highest BCUT2D eigenvalue weighted by molar-refractivity contribution is 7.00. The average Bonchev–Trinajstić information content (AvgIpc) is 0.785. The van der Waals surface area contributed by atoms with Gasteiger partial charge in [0.2, 0.25) is 0 Å². The molecule has 0 saturated heterocycles. The van der Waals surface area contributed by atoms with Crippen LogP contribution < -0.4 is 26.2 Å². The lowest BCUT2D eigenvalue weighted by Crippen LogP contribution is -2.61. The molecule has 0 fully saturated rings. The number of rotatable bonds is 8. The monoisotopic (exact) mass is 1180 g/mol. The second kappa shape index (κ2) is 20.9. The van der Waals surface area contributed by atoms with Gasteiger partial charge in [0.15, 0.2) is 0 Å². The molecule has 2 aliphatic rings. The summed E-state index contributed by atoms with van der Waals surface area (Å²) in [5, 5.41) is 3.29. The summed E-state index contributed by atoms with van der Waals surface area (Å²) >= 11 is 0. The van der Waals surface area contributed by atoms with Crippen LogP contribution in [0.25, 0.3) is 99.5 Å². The van der Waals surface area contributed by atoms with Crippen LogP contribution in [0, 0.1) is 0 Å². The second-order valence-corrected chi connectivity index (χ2v) is 26.2. The Labute approximate surface area is 545 Å². The Hall–Kier alpha value is -10.9. The Balaban J connectivity index is 1.01. The minimum Gasteiger partial charge on any atom is -0.311 e. The predicted molar refractivity (Wildman–Crippen MR) is 388 cm³/mol. The summed E-state index contributed by atoms with van der Waals surface area (Å²) in [7, 11) is 0. The van der Waals surface area contributed by atoms with Crippen LogP contribution in [0.3, 0.4) is 0 Å². The molecule has 0 spiro atoms. The van der Waals surface area contributed by atoms with E-state index in [0.29, 0.717) is 33.1 Å². The molecule has 4 heterocycles. The minimum absolute atomic E-state index is 0.0991. The third kappa shape index (κ3) is 8.73. The summed E-state index contributed by atoms with van der Waals surface area (Å²) in [4.78, 5) is 4.83. The number of aromatic nitrogens is 2. The van der Waals surface area contributed by atoms with E-state index in [4.69, 9.17) is 4.11 Å². The van der Waals surface area contributed by atoms with Crippen LogP contribution in [-0.4, -0.2) is 15.8 Å². The first-order valence-electron chi connectivity index (χ1n) is 35.8. The van der Waals surface area contributed by atoms with E-state index in [-0.39, 0.29) is 47.2 Å². The van der Waals surface area contributed by atoms with E-state index in [1.807, 2.05) is 47.0 Å². The fraction of sp³-hybridized carbons (Fsp3) is 0.0930. The van der Waals surface area contributed by atoms with Crippen molar-refractivity contribution in [2.75, 3.05) is 9.80 Å². The normalized spacial score (nSPS) is 14.3. The lowest BCUT2D eigenvalue weighted by Gasteiger charge is -2.46. The molecule has 2 aromatic heterocycles. The first-order chi connectivity index (χ1) is 48.2. The smallest absolute Gasteiger partial charge is 0.252 e. The van der Waals surface area contributed by atoms with Gasteiger partial charge in [-0.25, -0.2) is 0 Å². The van der Waals surface area contributed by atoms with Crippen LogP contribution in [0.4, 0.5) is 34.1 Å². The van der Waals surface area contributed by atoms with Gasteiger partial charge in [-0.1, -0.05) is 254 Å². The maximum absolute atomic E-state index is 9.92. The van der Waals surface area contributed by atoms with E-state index in [0.717, 1.165) is 123 Å². The summed E-state index contributed by atoms with van der Waals surface area (Å²) < 4.78 is 88.2. The molecule has 0 saturated carbocycles. The molecule has 15 aromatic rings. The van der Waals surface area contributed by atoms with E-state index >= 15 is 0 Å². The van der Waals surface area contributed by atoms with Crippen LogP contribution in [0.2, 0.25) is 0 Å². The van der Waals surface area contributed by atoms with Crippen molar-refractivity contribution in [1.29, 1.82) is 0 Å². The van der Waals surface area contributed by atoms with Gasteiger partial charge >= 0.3 is 0 Å². The third-order valence-corrected chi connectivity index (χ3v) is 18.8. The Bertz CT molecular complexity index is 5810. The molecule has 5 heteroatoms. The number of anilines is 6. The number of para-hydroxylation sites is 4. The van der Waals surface area contributed by atoms with Gasteiger partial charge in [0.1, 0.15) is 0 Å². The molecule has 4 nitrogen and oxygen atoms in total. The molecular formula is C86H67BN4. The fourth-order valence-corrected chi connectivity index (χ4v) is 14.4. The summed E-state index contributed by atoms with van der Waals surface area (Å²) in [5.41, 5.74) is 20.8. The standard InChI is InChI=1S/C86H67BN4/c1-85(2,3)61-50-69(58-31-15-9-16-32-58)84(70(51-61)59-33-17-10-18-34-59)91-79-49-60(56-27-11-7-12-28-56)43-46-72(79)87-73-47-44-64(55-80(73)90(81-52-62(86(4,5)6)53-82(91)83(81)87)74-39-23-19-35-65(74)57-29-13-8-14-30-57)89-77-42-26-22-38-68(77)71-54-63(45-48-78(71)89)88-75-40-24-20-36-66(75)67-37-21-25-41-76(67)88/h7-55H,1-6H3/i7D,11D,12D,22D,26D,27D,28D,38D,42D. The molecule has 0 radical (unpaired) electrons. The van der Waals surface area contributed by atoms with Crippen LogP contribution >= 0.6 is 0 Å². The van der Waals surface area contributed by atoms with Gasteiger partial charge in [-0.05, 0) is 151 Å². The van der Waals surface area contributed by atoms with Crippen molar-refractivity contribution >= 4 is 101 Å². The lowest BCUT2D eigenvalue weighted by molar-refractivity contribution is 0.590. The summed E-state index contributed by atoms with van der Waals surface area (Å²) in [6.45, 7) is 13.0. The molecule has 434 valence electrons. The first kappa shape index (κ1) is 45.4. The predicted octanol–water partition coefficient (Wildman–Crippen LogP) is 21.2. The zero-order valence-corrected chi connectivity index (χ0v) is 51.5. The van der Waals surface area contributed by atoms with Gasteiger partial charge in [0.25, 0.3) is 6.71 Å². The second-order valence-electron chi connectivity index (χ2n) is 26.2. The maximum atomic E-state index is 9.92. The Kier molecular flexibility index (Phi) is 10.4. The average molecular weight is 1180 g/mol.